The number of rotatable bonds is 13. The Balaban J connectivity index is 6.97. The summed E-state index contributed by atoms with van der Waals surface area (Å²) in [5, 5.41) is 10.4. The first-order valence-electron chi connectivity index (χ1n) is 11.0. The van der Waals surface area contributed by atoms with Crippen LogP contribution in [0.5, 0.6) is 0 Å². The van der Waals surface area contributed by atoms with Crippen molar-refractivity contribution in [1.29, 1.82) is 0 Å². The maximum Gasteiger partial charge on any atom is 0.473 e. The summed E-state index contributed by atoms with van der Waals surface area (Å²) < 4.78 is 107. The highest BCUT2D eigenvalue weighted by Crippen LogP contribution is 2.53. The Bertz CT molecular complexity index is 729. The van der Waals surface area contributed by atoms with Crippen LogP contribution in [0.4, 0.5) is 26.3 Å². The molecule has 0 aliphatic heterocycles. The van der Waals surface area contributed by atoms with Crippen molar-refractivity contribution < 1.29 is 58.1 Å². The minimum absolute atomic E-state index is 0.323. The predicted octanol–water partition coefficient (Wildman–Crippen LogP) is 4.83. The summed E-state index contributed by atoms with van der Waals surface area (Å²) in [6, 6.07) is 0. The highest BCUT2D eigenvalue weighted by molar-refractivity contribution is 6.90. The standard InChI is InChI=1S/C19H36F6O7Si4/c1-33(2,3)30-36(31-34(4,5)6,32-35(7,8)9)14(17(18(20,21)22)19(23,24)25)12-13-29-16(28)11-10-15(26)27/h10-11,14,17H,12-13H2,1-9H3,(H,26,27)/p-1. The number of halogens is 6. The molecule has 0 aliphatic rings. The van der Waals surface area contributed by atoms with Crippen molar-refractivity contribution in [3.8, 4) is 0 Å². The van der Waals surface area contributed by atoms with Crippen molar-refractivity contribution in [2.75, 3.05) is 6.61 Å². The van der Waals surface area contributed by atoms with E-state index in [1.165, 1.54) is 0 Å². The maximum absolute atomic E-state index is 14.1. The molecule has 17 heteroatoms. The number of aliphatic carboxylic acids is 1. The van der Waals surface area contributed by atoms with Crippen molar-refractivity contribution in [3.05, 3.63) is 12.2 Å². The van der Waals surface area contributed by atoms with Gasteiger partial charge in [-0.25, -0.2) is 4.79 Å². The van der Waals surface area contributed by atoms with Gasteiger partial charge in [-0.3, -0.25) is 0 Å². The lowest BCUT2D eigenvalue weighted by atomic mass is 10.0. The summed E-state index contributed by atoms with van der Waals surface area (Å²) in [5.41, 5.74) is -2.37. The minimum Gasteiger partial charge on any atom is -0.545 e. The lowest BCUT2D eigenvalue weighted by Crippen LogP contribution is -2.66. The van der Waals surface area contributed by atoms with E-state index >= 15 is 0 Å². The third-order valence-corrected chi connectivity index (χ3v) is 16.2. The Hall–Kier alpha value is -0.992. The van der Waals surface area contributed by atoms with Crippen LogP contribution in [0.1, 0.15) is 6.42 Å². The summed E-state index contributed by atoms with van der Waals surface area (Å²) in [6.45, 7) is 13.6. The molecule has 0 radical (unpaired) electrons. The second kappa shape index (κ2) is 12.2. The molecule has 0 heterocycles. The van der Waals surface area contributed by atoms with Gasteiger partial charge in [-0.2, -0.15) is 26.3 Å². The van der Waals surface area contributed by atoms with Gasteiger partial charge in [0.15, 0.2) is 30.9 Å². The third-order valence-electron chi connectivity index (χ3n) is 3.94. The molecule has 0 aliphatic carbocycles. The van der Waals surface area contributed by atoms with Crippen molar-refractivity contribution in [2.24, 2.45) is 5.92 Å². The molecule has 1 atom stereocenters. The summed E-state index contributed by atoms with van der Waals surface area (Å²) >= 11 is 0. The first kappa shape index (κ1) is 35.0. The monoisotopic (exact) mass is 601 g/mol. The van der Waals surface area contributed by atoms with Gasteiger partial charge in [-0.15, -0.1) is 0 Å². The molecule has 0 bridgehead atoms. The number of hydrogen-bond donors (Lipinski definition) is 0. The Labute approximate surface area is 211 Å². The zero-order valence-electron chi connectivity index (χ0n) is 21.8. The number of carbonyl (C=O) groups excluding carboxylic acids is 2. The van der Waals surface area contributed by atoms with Crippen molar-refractivity contribution in [2.45, 2.75) is 83.2 Å². The second-order valence-corrected chi connectivity index (χ2v) is 28.1. The molecule has 0 aromatic heterocycles. The lowest BCUT2D eigenvalue weighted by molar-refractivity contribution is -0.297. The van der Waals surface area contributed by atoms with Crippen LogP contribution in [0.2, 0.25) is 64.5 Å². The fourth-order valence-electron chi connectivity index (χ4n) is 3.23. The first-order chi connectivity index (χ1) is 15.7. The van der Waals surface area contributed by atoms with Crippen LogP contribution in [-0.2, 0) is 26.7 Å². The van der Waals surface area contributed by atoms with Gasteiger partial charge in [0, 0.05) is 6.08 Å². The SMILES string of the molecule is C[Si](C)(C)O[Si](O[Si](C)(C)C)(O[Si](C)(C)C)C(CCOC(=O)C=CC(=O)[O-])C(C(F)(F)F)C(F)(F)F. The molecule has 0 saturated carbocycles. The molecular formula is C19H35F6O7Si4-. The van der Waals surface area contributed by atoms with Gasteiger partial charge in [0.25, 0.3) is 0 Å². The van der Waals surface area contributed by atoms with Gasteiger partial charge in [0.1, 0.15) is 0 Å². The summed E-state index contributed by atoms with van der Waals surface area (Å²) in [4.78, 5) is 22.2. The quantitative estimate of drug-likeness (QED) is 0.129. The number of carboxylic acids is 1. The van der Waals surface area contributed by atoms with Gasteiger partial charge in [-0.1, -0.05) is 0 Å². The molecule has 0 aromatic rings. The number of ether oxygens (including phenoxy) is 1. The largest absolute Gasteiger partial charge is 0.545 e. The fraction of sp³-hybridized carbons (Fsp3) is 0.789. The van der Waals surface area contributed by atoms with Crippen LogP contribution in [0.25, 0.3) is 0 Å². The van der Waals surface area contributed by atoms with Gasteiger partial charge in [-0.05, 0) is 71.4 Å². The molecule has 0 N–H and O–H groups in total. The number of esters is 1. The molecule has 1 unspecified atom stereocenters. The van der Waals surface area contributed by atoms with Crippen LogP contribution >= 0.6 is 0 Å². The Kier molecular flexibility index (Phi) is 11.9. The third kappa shape index (κ3) is 13.5. The number of alkyl halides is 6. The fourth-order valence-corrected chi connectivity index (χ4v) is 18.2. The second-order valence-electron chi connectivity index (χ2n) is 11.0. The maximum atomic E-state index is 14.1. The van der Waals surface area contributed by atoms with Crippen LogP contribution in [0.15, 0.2) is 12.2 Å². The molecule has 0 rings (SSSR count). The van der Waals surface area contributed by atoms with Gasteiger partial charge >= 0.3 is 27.1 Å². The van der Waals surface area contributed by atoms with E-state index in [2.05, 4.69) is 0 Å². The normalized spacial score (nSPS) is 15.4. The van der Waals surface area contributed by atoms with Crippen molar-refractivity contribution >= 4 is 45.7 Å². The van der Waals surface area contributed by atoms with E-state index in [1.54, 1.807) is 58.9 Å². The summed E-state index contributed by atoms with van der Waals surface area (Å²) in [5.74, 6) is -6.89. The predicted molar refractivity (Wildman–Crippen MR) is 128 cm³/mol. The van der Waals surface area contributed by atoms with E-state index in [0.29, 0.717) is 12.2 Å². The average Bonchev–Trinajstić information content (AvgIpc) is 2.51. The van der Waals surface area contributed by atoms with Gasteiger partial charge in [0.2, 0.25) is 0 Å². The molecule has 0 fully saturated rings. The minimum atomic E-state index is -5.74. The van der Waals surface area contributed by atoms with Gasteiger partial charge in [0.05, 0.1) is 18.1 Å². The van der Waals surface area contributed by atoms with E-state index in [9.17, 15) is 41.0 Å². The molecule has 0 spiro atoms. The zero-order chi connectivity index (χ0) is 29.0. The highest BCUT2D eigenvalue weighted by atomic mass is 28.5. The number of carbonyl (C=O) groups is 2. The number of carboxylic acid groups (broad SMARTS) is 1. The van der Waals surface area contributed by atoms with Crippen LogP contribution in [0, 0.1) is 5.92 Å². The zero-order valence-corrected chi connectivity index (χ0v) is 25.8. The smallest absolute Gasteiger partial charge is 0.473 e. The van der Waals surface area contributed by atoms with Crippen LogP contribution in [0.3, 0.4) is 0 Å². The Morgan fingerprint density at radius 2 is 1.11 bits per heavy atom. The Morgan fingerprint density at radius 1 is 0.750 bits per heavy atom. The molecule has 36 heavy (non-hydrogen) atoms. The van der Waals surface area contributed by atoms with E-state index in [1.807, 2.05) is 0 Å². The summed E-state index contributed by atoms with van der Waals surface area (Å²) in [6.07, 6.45) is -11.7. The van der Waals surface area contributed by atoms with E-state index in [-0.39, 0.29) is 0 Å². The summed E-state index contributed by atoms with van der Waals surface area (Å²) in [7, 11) is -13.4. The van der Waals surface area contributed by atoms with Crippen LogP contribution in [-0.4, -0.2) is 64.7 Å². The van der Waals surface area contributed by atoms with E-state index in [0.717, 1.165) is 0 Å². The van der Waals surface area contributed by atoms with Crippen molar-refractivity contribution in [3.63, 3.8) is 0 Å². The van der Waals surface area contributed by atoms with Crippen LogP contribution < -0.4 is 5.11 Å². The average molecular weight is 602 g/mol. The molecule has 0 amide bonds. The molecular weight excluding hydrogens is 567 g/mol. The molecule has 0 aromatic carbocycles. The first-order valence-corrected chi connectivity index (χ1v) is 23.0. The molecule has 0 saturated heterocycles. The highest BCUT2D eigenvalue weighted by Gasteiger charge is 2.69. The van der Waals surface area contributed by atoms with E-state index in [4.69, 9.17) is 17.1 Å². The van der Waals surface area contributed by atoms with Gasteiger partial charge < -0.3 is 27.0 Å². The Morgan fingerprint density at radius 3 is 1.39 bits per heavy atom. The number of hydrogen-bond acceptors (Lipinski definition) is 7. The molecule has 7 nitrogen and oxygen atoms in total. The lowest BCUT2D eigenvalue weighted by Gasteiger charge is -2.48. The van der Waals surface area contributed by atoms with Crippen molar-refractivity contribution in [1.82, 2.24) is 0 Å². The molecule has 212 valence electrons. The van der Waals surface area contributed by atoms with E-state index < -0.39 is 82.5 Å². The topological polar surface area (TPSA) is 94.1 Å².